The van der Waals surface area contributed by atoms with E-state index in [9.17, 15) is 30.7 Å². The molecule has 0 N–H and O–H groups in total. The van der Waals surface area contributed by atoms with Crippen LogP contribution in [0, 0.1) is 17.0 Å². The second kappa shape index (κ2) is 6.79. The van der Waals surface area contributed by atoms with Crippen molar-refractivity contribution in [2.24, 2.45) is 5.41 Å². The van der Waals surface area contributed by atoms with Gasteiger partial charge in [0.05, 0.1) is 6.61 Å². The standard InChI is InChI=1S/C19H19F7O/c1-17-6-8-18(9-7-17,16(23)15(17)22)27-10-12-3-2-11(13(20)14(12)21)4-5-19(24,25)26/h2-3H,4-10H2,1H3. The summed E-state index contributed by atoms with van der Waals surface area (Å²) in [5, 5.41) is 0. The third-order valence-corrected chi connectivity index (χ3v) is 5.71. The average molecular weight is 396 g/mol. The summed E-state index contributed by atoms with van der Waals surface area (Å²) >= 11 is 0. The molecule has 150 valence electrons. The van der Waals surface area contributed by atoms with Gasteiger partial charge in [0, 0.05) is 17.4 Å². The molecule has 0 saturated heterocycles. The Bertz CT molecular complexity index is 758. The molecule has 1 saturated carbocycles. The fraction of sp³-hybridized carbons (Fsp3) is 0.579. The average Bonchev–Trinajstić information content (AvgIpc) is 2.60. The Labute approximate surface area is 152 Å². The molecule has 3 aliphatic carbocycles. The maximum Gasteiger partial charge on any atom is 0.389 e. The van der Waals surface area contributed by atoms with Crippen molar-refractivity contribution in [3.8, 4) is 0 Å². The van der Waals surface area contributed by atoms with Gasteiger partial charge in [-0.2, -0.15) is 13.2 Å². The van der Waals surface area contributed by atoms with Crippen LogP contribution in [0.5, 0.6) is 0 Å². The Morgan fingerprint density at radius 3 is 2.04 bits per heavy atom. The lowest BCUT2D eigenvalue weighted by Crippen LogP contribution is -2.47. The molecule has 0 spiro atoms. The number of rotatable bonds is 5. The third-order valence-electron chi connectivity index (χ3n) is 5.71. The van der Waals surface area contributed by atoms with Crippen molar-refractivity contribution in [3.63, 3.8) is 0 Å². The molecule has 0 heterocycles. The summed E-state index contributed by atoms with van der Waals surface area (Å²) < 4.78 is 99.1. The van der Waals surface area contributed by atoms with Crippen LogP contribution in [0.4, 0.5) is 30.7 Å². The highest BCUT2D eigenvalue weighted by atomic mass is 19.4. The van der Waals surface area contributed by atoms with Crippen LogP contribution in [-0.2, 0) is 17.8 Å². The minimum atomic E-state index is -4.48. The molecule has 0 aromatic heterocycles. The van der Waals surface area contributed by atoms with Gasteiger partial charge in [-0.3, -0.25) is 0 Å². The summed E-state index contributed by atoms with van der Waals surface area (Å²) in [7, 11) is 0. The smallest absolute Gasteiger partial charge is 0.363 e. The van der Waals surface area contributed by atoms with E-state index in [1.165, 1.54) is 0 Å². The van der Waals surface area contributed by atoms with E-state index in [0.29, 0.717) is 12.8 Å². The largest absolute Gasteiger partial charge is 0.389 e. The first-order valence-corrected chi connectivity index (χ1v) is 8.70. The van der Waals surface area contributed by atoms with Gasteiger partial charge in [-0.05, 0) is 37.7 Å². The fourth-order valence-electron chi connectivity index (χ4n) is 3.74. The molecule has 0 amide bonds. The van der Waals surface area contributed by atoms with E-state index in [4.69, 9.17) is 4.74 Å². The van der Waals surface area contributed by atoms with Crippen molar-refractivity contribution < 1.29 is 35.5 Å². The molecule has 0 radical (unpaired) electrons. The number of halogens is 7. The summed E-state index contributed by atoms with van der Waals surface area (Å²) in [6, 6.07) is 2.18. The minimum Gasteiger partial charge on any atom is -0.363 e. The molecular weight excluding hydrogens is 377 g/mol. The topological polar surface area (TPSA) is 9.23 Å². The lowest BCUT2D eigenvalue weighted by molar-refractivity contribution is -0.134. The second-order valence-corrected chi connectivity index (χ2v) is 7.60. The molecule has 4 rings (SSSR count). The molecule has 3 aliphatic rings. The number of hydrogen-bond donors (Lipinski definition) is 0. The molecule has 0 unspecified atom stereocenters. The normalized spacial score (nSPS) is 28.1. The molecule has 0 atom stereocenters. The quantitative estimate of drug-likeness (QED) is 0.519. The van der Waals surface area contributed by atoms with Crippen LogP contribution in [0.25, 0.3) is 0 Å². The van der Waals surface area contributed by atoms with Crippen molar-refractivity contribution in [1.82, 2.24) is 0 Å². The van der Waals surface area contributed by atoms with E-state index in [0.717, 1.165) is 12.1 Å². The first-order chi connectivity index (χ1) is 12.5. The van der Waals surface area contributed by atoms with Gasteiger partial charge < -0.3 is 4.74 Å². The number of alkyl halides is 3. The number of ether oxygens (including phenoxy) is 1. The van der Waals surface area contributed by atoms with E-state index in [-0.39, 0.29) is 18.4 Å². The van der Waals surface area contributed by atoms with Crippen LogP contribution in [-0.4, -0.2) is 11.8 Å². The number of fused-ring (bicyclic) bond motifs is 2. The number of hydrogen-bond acceptors (Lipinski definition) is 1. The first-order valence-electron chi connectivity index (χ1n) is 8.70. The zero-order valence-corrected chi connectivity index (χ0v) is 14.7. The van der Waals surface area contributed by atoms with Gasteiger partial charge in [0.25, 0.3) is 0 Å². The SMILES string of the molecule is CC12CCC(OCc3ccc(CCC(F)(F)F)c(F)c3F)(CC1)C(F)=C2F. The fourth-order valence-corrected chi connectivity index (χ4v) is 3.74. The molecule has 8 heteroatoms. The molecule has 2 bridgehead atoms. The zero-order chi connectivity index (χ0) is 20.0. The molecule has 1 aromatic carbocycles. The van der Waals surface area contributed by atoms with Crippen molar-refractivity contribution in [2.45, 2.75) is 63.8 Å². The van der Waals surface area contributed by atoms with E-state index >= 15 is 0 Å². The van der Waals surface area contributed by atoms with Gasteiger partial charge in [-0.25, -0.2) is 17.6 Å². The molecular formula is C19H19F7O. The Kier molecular flexibility index (Phi) is 5.08. The lowest BCUT2D eigenvalue weighted by Gasteiger charge is -2.48. The van der Waals surface area contributed by atoms with Gasteiger partial charge in [-0.15, -0.1) is 0 Å². The van der Waals surface area contributed by atoms with Crippen LogP contribution in [0.15, 0.2) is 23.8 Å². The number of aryl methyl sites for hydroxylation is 1. The molecule has 27 heavy (non-hydrogen) atoms. The third kappa shape index (κ3) is 3.73. The van der Waals surface area contributed by atoms with Crippen molar-refractivity contribution in [2.75, 3.05) is 0 Å². The van der Waals surface area contributed by atoms with Crippen molar-refractivity contribution >= 4 is 0 Å². The summed E-state index contributed by atoms with van der Waals surface area (Å²) in [6.07, 6.45) is -5.19. The van der Waals surface area contributed by atoms with Crippen LogP contribution < -0.4 is 0 Å². The zero-order valence-electron chi connectivity index (χ0n) is 14.7. The van der Waals surface area contributed by atoms with E-state index < -0.39 is 65.5 Å². The maximum absolute atomic E-state index is 14.4. The van der Waals surface area contributed by atoms with Crippen LogP contribution >= 0.6 is 0 Å². The van der Waals surface area contributed by atoms with Gasteiger partial charge in [0.2, 0.25) is 0 Å². The highest BCUT2D eigenvalue weighted by Crippen LogP contribution is 2.57. The molecule has 0 aliphatic heterocycles. The summed E-state index contributed by atoms with van der Waals surface area (Å²) in [6.45, 7) is 1.14. The predicted octanol–water partition coefficient (Wildman–Crippen LogP) is 6.46. The molecule has 1 aromatic rings. The summed E-state index contributed by atoms with van der Waals surface area (Å²) in [5.74, 6) is -4.55. The van der Waals surface area contributed by atoms with Gasteiger partial charge in [-0.1, -0.05) is 19.1 Å². The Balaban J connectivity index is 1.75. The van der Waals surface area contributed by atoms with Crippen LogP contribution in [0.2, 0.25) is 0 Å². The highest BCUT2D eigenvalue weighted by Gasteiger charge is 2.54. The predicted molar refractivity (Wildman–Crippen MR) is 84.1 cm³/mol. The molecule has 1 fully saturated rings. The summed E-state index contributed by atoms with van der Waals surface area (Å²) in [4.78, 5) is 0. The Morgan fingerprint density at radius 1 is 0.889 bits per heavy atom. The van der Waals surface area contributed by atoms with Crippen LogP contribution in [0.1, 0.15) is 50.2 Å². The van der Waals surface area contributed by atoms with Gasteiger partial charge >= 0.3 is 6.18 Å². The Morgan fingerprint density at radius 2 is 1.44 bits per heavy atom. The van der Waals surface area contributed by atoms with E-state index in [1.807, 2.05) is 0 Å². The summed E-state index contributed by atoms with van der Waals surface area (Å²) in [5.41, 5.74) is -2.97. The van der Waals surface area contributed by atoms with E-state index in [2.05, 4.69) is 0 Å². The van der Waals surface area contributed by atoms with Crippen LogP contribution in [0.3, 0.4) is 0 Å². The monoisotopic (exact) mass is 396 g/mol. The van der Waals surface area contributed by atoms with Crippen molar-refractivity contribution in [3.05, 3.63) is 46.5 Å². The van der Waals surface area contributed by atoms with E-state index in [1.54, 1.807) is 6.92 Å². The number of benzene rings is 1. The van der Waals surface area contributed by atoms with Gasteiger partial charge in [0.15, 0.2) is 17.5 Å². The maximum atomic E-state index is 14.4. The second-order valence-electron chi connectivity index (χ2n) is 7.60. The first kappa shape index (κ1) is 20.2. The molecule has 1 nitrogen and oxygen atoms in total. The number of allylic oxidation sites excluding steroid dienone is 1. The van der Waals surface area contributed by atoms with Gasteiger partial charge in [0.1, 0.15) is 11.4 Å². The lowest BCUT2D eigenvalue weighted by atomic mass is 9.63. The Hall–Kier alpha value is -1.57. The highest BCUT2D eigenvalue weighted by molar-refractivity contribution is 5.29. The van der Waals surface area contributed by atoms with Crippen molar-refractivity contribution in [1.29, 1.82) is 0 Å². The minimum absolute atomic E-state index is 0.233.